The van der Waals surface area contributed by atoms with E-state index in [4.69, 9.17) is 9.47 Å². The zero-order valence-corrected chi connectivity index (χ0v) is 16.4. The van der Waals surface area contributed by atoms with Gasteiger partial charge in [-0.3, -0.25) is 14.7 Å². The van der Waals surface area contributed by atoms with Crippen molar-refractivity contribution in [2.75, 3.05) is 40.0 Å². The Labute approximate surface area is 163 Å². The summed E-state index contributed by atoms with van der Waals surface area (Å²) in [7, 11) is 1.68. The van der Waals surface area contributed by atoms with Crippen LogP contribution in [0.4, 0.5) is 0 Å². The van der Waals surface area contributed by atoms with Crippen LogP contribution in [-0.2, 0) is 22.6 Å². The molecule has 0 N–H and O–H groups in total. The zero-order chi connectivity index (χ0) is 18.7. The van der Waals surface area contributed by atoms with E-state index in [1.54, 1.807) is 18.4 Å². The molecule has 3 heterocycles. The summed E-state index contributed by atoms with van der Waals surface area (Å²) in [6.07, 6.45) is 2.41. The number of rotatable bonds is 5. The Hall–Kier alpha value is -1.96. The van der Waals surface area contributed by atoms with E-state index in [-0.39, 0.29) is 11.3 Å². The van der Waals surface area contributed by atoms with Crippen molar-refractivity contribution < 1.29 is 14.3 Å². The van der Waals surface area contributed by atoms with Gasteiger partial charge in [0.25, 0.3) is 0 Å². The SMILES string of the molecule is COc1ccc(CN2CCOC[C@]3(CC(=O)N(Cc4cncs4)C3)C2)cc1. The van der Waals surface area contributed by atoms with Gasteiger partial charge in [-0.05, 0) is 17.7 Å². The third-order valence-corrected chi connectivity index (χ3v) is 6.08. The van der Waals surface area contributed by atoms with E-state index in [1.807, 2.05) is 28.7 Å². The first kappa shape index (κ1) is 18.4. The molecular weight excluding hydrogens is 362 g/mol. The van der Waals surface area contributed by atoms with E-state index >= 15 is 0 Å². The summed E-state index contributed by atoms with van der Waals surface area (Å²) < 4.78 is 11.2. The Kier molecular flexibility index (Phi) is 5.43. The van der Waals surface area contributed by atoms with E-state index in [9.17, 15) is 4.79 Å². The summed E-state index contributed by atoms with van der Waals surface area (Å²) >= 11 is 1.60. The highest BCUT2D eigenvalue weighted by Gasteiger charge is 2.45. The minimum absolute atomic E-state index is 0.120. The van der Waals surface area contributed by atoms with Gasteiger partial charge in [0.15, 0.2) is 0 Å². The predicted octanol–water partition coefficient (Wildman–Crippen LogP) is 2.40. The molecule has 144 valence electrons. The average molecular weight is 388 g/mol. The number of nitrogens with zero attached hydrogens (tertiary/aromatic N) is 3. The average Bonchev–Trinajstić information content (AvgIpc) is 3.22. The topological polar surface area (TPSA) is 54.9 Å². The van der Waals surface area contributed by atoms with Crippen LogP contribution in [0, 0.1) is 5.41 Å². The Balaban J connectivity index is 1.43. The molecule has 2 aliphatic rings. The van der Waals surface area contributed by atoms with Gasteiger partial charge in [-0.25, -0.2) is 0 Å². The van der Waals surface area contributed by atoms with Crippen molar-refractivity contribution in [1.82, 2.24) is 14.8 Å². The molecule has 2 aromatic rings. The standard InChI is InChI=1S/C20H25N3O3S/c1-25-17-4-2-16(3-5-17)10-22-6-7-26-14-20(12-22)8-19(24)23(13-20)11-18-9-21-15-27-18/h2-5,9,15H,6-8,10-14H2,1H3/t20-/m1/s1. The highest BCUT2D eigenvalue weighted by Crippen LogP contribution is 2.35. The van der Waals surface area contributed by atoms with E-state index in [0.29, 0.717) is 26.2 Å². The second-order valence-electron chi connectivity index (χ2n) is 7.51. The van der Waals surface area contributed by atoms with Crippen LogP contribution in [0.3, 0.4) is 0 Å². The number of methoxy groups -OCH3 is 1. The second-order valence-corrected chi connectivity index (χ2v) is 8.48. The number of carbonyl (C=O) groups excluding carboxylic acids is 1. The number of hydrogen-bond acceptors (Lipinski definition) is 6. The molecule has 6 nitrogen and oxygen atoms in total. The van der Waals surface area contributed by atoms with Gasteiger partial charge in [-0.2, -0.15) is 0 Å². The third kappa shape index (κ3) is 4.31. The van der Waals surface area contributed by atoms with Gasteiger partial charge in [-0.15, -0.1) is 11.3 Å². The second kappa shape index (κ2) is 7.96. The molecular formula is C20H25N3O3S. The molecule has 2 saturated heterocycles. The molecule has 4 rings (SSSR count). The molecule has 2 fully saturated rings. The fourth-order valence-electron chi connectivity index (χ4n) is 4.04. The quantitative estimate of drug-likeness (QED) is 0.789. The monoisotopic (exact) mass is 387 g/mol. The van der Waals surface area contributed by atoms with Gasteiger partial charge >= 0.3 is 0 Å². The van der Waals surface area contributed by atoms with Crippen molar-refractivity contribution in [3.05, 3.63) is 46.4 Å². The Morgan fingerprint density at radius 2 is 2.11 bits per heavy atom. The lowest BCUT2D eigenvalue weighted by molar-refractivity contribution is -0.128. The van der Waals surface area contributed by atoms with Crippen LogP contribution in [-0.4, -0.2) is 60.6 Å². The van der Waals surface area contributed by atoms with Crippen molar-refractivity contribution in [3.63, 3.8) is 0 Å². The molecule has 1 atom stereocenters. The Morgan fingerprint density at radius 1 is 1.26 bits per heavy atom. The predicted molar refractivity (Wildman–Crippen MR) is 104 cm³/mol. The summed E-state index contributed by atoms with van der Waals surface area (Å²) in [5.74, 6) is 1.09. The molecule has 1 aromatic heterocycles. The molecule has 0 unspecified atom stereocenters. The number of thiazole rings is 1. The molecule has 1 aromatic carbocycles. The summed E-state index contributed by atoms with van der Waals surface area (Å²) in [5, 5.41) is 0. The smallest absolute Gasteiger partial charge is 0.223 e. The largest absolute Gasteiger partial charge is 0.497 e. The number of carbonyl (C=O) groups is 1. The van der Waals surface area contributed by atoms with Crippen LogP contribution >= 0.6 is 11.3 Å². The molecule has 0 radical (unpaired) electrons. The summed E-state index contributed by atoms with van der Waals surface area (Å²) in [6, 6.07) is 8.20. The van der Waals surface area contributed by atoms with Gasteiger partial charge in [-0.1, -0.05) is 12.1 Å². The first-order chi connectivity index (χ1) is 13.2. The lowest BCUT2D eigenvalue weighted by Gasteiger charge is -2.31. The van der Waals surface area contributed by atoms with Crippen molar-refractivity contribution in [2.45, 2.75) is 19.5 Å². The maximum Gasteiger partial charge on any atom is 0.223 e. The molecule has 0 bridgehead atoms. The van der Waals surface area contributed by atoms with Crippen LogP contribution in [0.15, 0.2) is 36.0 Å². The summed E-state index contributed by atoms with van der Waals surface area (Å²) in [6.45, 7) is 5.39. The number of likely N-dealkylation sites (tertiary alicyclic amines) is 1. The number of ether oxygens (including phenoxy) is 2. The minimum Gasteiger partial charge on any atom is -0.497 e. The van der Waals surface area contributed by atoms with Crippen LogP contribution in [0.25, 0.3) is 0 Å². The lowest BCUT2D eigenvalue weighted by Crippen LogP contribution is -2.40. The highest BCUT2D eigenvalue weighted by molar-refractivity contribution is 7.09. The fraction of sp³-hybridized carbons (Fsp3) is 0.500. The first-order valence-electron chi connectivity index (χ1n) is 9.24. The maximum atomic E-state index is 12.6. The fourth-order valence-corrected chi connectivity index (χ4v) is 4.65. The summed E-state index contributed by atoms with van der Waals surface area (Å²) in [4.78, 5) is 22.3. The number of hydrogen-bond donors (Lipinski definition) is 0. The van der Waals surface area contributed by atoms with E-state index < -0.39 is 0 Å². The molecule has 1 amide bonds. The molecule has 27 heavy (non-hydrogen) atoms. The van der Waals surface area contributed by atoms with E-state index in [2.05, 4.69) is 22.0 Å². The third-order valence-electron chi connectivity index (χ3n) is 5.32. The Bertz CT molecular complexity index is 765. The van der Waals surface area contributed by atoms with Crippen LogP contribution in [0.1, 0.15) is 16.9 Å². The van der Waals surface area contributed by atoms with E-state index in [1.165, 1.54) is 5.56 Å². The van der Waals surface area contributed by atoms with Gasteiger partial charge in [0, 0.05) is 49.1 Å². The minimum atomic E-state index is -0.120. The molecule has 2 aliphatic heterocycles. The van der Waals surface area contributed by atoms with Crippen LogP contribution < -0.4 is 4.74 Å². The van der Waals surface area contributed by atoms with Crippen molar-refractivity contribution in [2.24, 2.45) is 5.41 Å². The van der Waals surface area contributed by atoms with Crippen LogP contribution in [0.2, 0.25) is 0 Å². The van der Waals surface area contributed by atoms with Crippen molar-refractivity contribution in [3.8, 4) is 5.75 Å². The Morgan fingerprint density at radius 3 is 2.85 bits per heavy atom. The van der Waals surface area contributed by atoms with Crippen molar-refractivity contribution >= 4 is 17.2 Å². The summed E-state index contributed by atoms with van der Waals surface area (Å²) in [5.41, 5.74) is 2.94. The first-order valence-corrected chi connectivity index (χ1v) is 10.1. The van der Waals surface area contributed by atoms with Gasteiger partial charge in [0.2, 0.25) is 5.91 Å². The van der Waals surface area contributed by atoms with Gasteiger partial charge < -0.3 is 14.4 Å². The lowest BCUT2D eigenvalue weighted by atomic mass is 9.87. The van der Waals surface area contributed by atoms with Crippen molar-refractivity contribution in [1.29, 1.82) is 0 Å². The number of amides is 1. The molecule has 0 saturated carbocycles. The van der Waals surface area contributed by atoms with Crippen LogP contribution in [0.5, 0.6) is 5.75 Å². The number of benzene rings is 1. The van der Waals surface area contributed by atoms with E-state index in [0.717, 1.165) is 36.8 Å². The maximum absolute atomic E-state index is 12.6. The molecule has 0 aliphatic carbocycles. The normalized spacial score (nSPS) is 23.7. The molecule has 7 heteroatoms. The van der Waals surface area contributed by atoms with Gasteiger partial charge in [0.05, 0.1) is 32.4 Å². The highest BCUT2D eigenvalue weighted by atomic mass is 32.1. The number of aromatic nitrogens is 1. The zero-order valence-electron chi connectivity index (χ0n) is 15.6. The molecule has 1 spiro atoms. The van der Waals surface area contributed by atoms with Gasteiger partial charge in [0.1, 0.15) is 5.75 Å².